The number of aliphatic hydroxyl groups is 1. The lowest BCUT2D eigenvalue weighted by Crippen LogP contribution is -2.43. The van der Waals surface area contributed by atoms with Crippen molar-refractivity contribution in [2.75, 3.05) is 31.6 Å². The predicted molar refractivity (Wildman–Crippen MR) is 76.1 cm³/mol. The van der Waals surface area contributed by atoms with Crippen LogP contribution in [0.1, 0.15) is 25.3 Å². The molecular formula is C15H24N2O. The maximum absolute atomic E-state index is 9.36. The van der Waals surface area contributed by atoms with Crippen LogP contribution in [0, 0.1) is 0 Å². The quantitative estimate of drug-likeness (QED) is 0.806. The molecule has 0 spiro atoms. The summed E-state index contributed by atoms with van der Waals surface area (Å²) in [6.45, 7) is 4.48. The fourth-order valence-corrected chi connectivity index (χ4v) is 2.58. The van der Waals surface area contributed by atoms with E-state index in [2.05, 4.69) is 41.4 Å². The Labute approximate surface area is 110 Å². The largest absolute Gasteiger partial charge is 0.394 e. The van der Waals surface area contributed by atoms with Crippen LogP contribution in [-0.4, -0.2) is 37.4 Å². The molecule has 2 N–H and O–H groups in total. The number of hydrogen-bond donors (Lipinski definition) is 2. The minimum Gasteiger partial charge on any atom is -0.394 e. The molecule has 0 amide bonds. The van der Waals surface area contributed by atoms with E-state index < -0.39 is 0 Å². The lowest BCUT2D eigenvalue weighted by atomic mass is 9.97. The van der Waals surface area contributed by atoms with E-state index in [0.717, 1.165) is 25.9 Å². The van der Waals surface area contributed by atoms with Gasteiger partial charge in [-0.05, 0) is 44.9 Å². The van der Waals surface area contributed by atoms with E-state index in [1.807, 2.05) is 7.05 Å². The lowest BCUT2D eigenvalue weighted by molar-refractivity contribution is 0.172. The molecule has 0 saturated carbocycles. The van der Waals surface area contributed by atoms with Gasteiger partial charge in [-0.25, -0.2) is 0 Å². The van der Waals surface area contributed by atoms with Gasteiger partial charge in [-0.1, -0.05) is 18.2 Å². The molecule has 0 radical (unpaired) electrons. The Morgan fingerprint density at radius 3 is 2.89 bits per heavy atom. The maximum atomic E-state index is 9.36. The first kappa shape index (κ1) is 13.4. The highest BCUT2D eigenvalue weighted by Crippen LogP contribution is 2.27. The van der Waals surface area contributed by atoms with Crippen molar-refractivity contribution >= 4 is 5.69 Å². The Morgan fingerprint density at radius 2 is 2.17 bits per heavy atom. The molecule has 0 aliphatic carbocycles. The number of nitrogens with one attached hydrogen (secondary N) is 1. The molecule has 0 saturated heterocycles. The topological polar surface area (TPSA) is 35.5 Å². The summed E-state index contributed by atoms with van der Waals surface area (Å²) in [5.74, 6) is 0. The van der Waals surface area contributed by atoms with Gasteiger partial charge >= 0.3 is 0 Å². The van der Waals surface area contributed by atoms with Gasteiger partial charge < -0.3 is 15.3 Å². The number of aliphatic hydroxyl groups excluding tert-OH is 1. The summed E-state index contributed by atoms with van der Waals surface area (Å²) in [4.78, 5) is 2.46. The van der Waals surface area contributed by atoms with Crippen molar-refractivity contribution in [3.8, 4) is 0 Å². The summed E-state index contributed by atoms with van der Waals surface area (Å²) in [6, 6.07) is 8.67. The van der Waals surface area contributed by atoms with E-state index in [9.17, 15) is 5.11 Å². The van der Waals surface area contributed by atoms with Gasteiger partial charge in [-0.3, -0.25) is 0 Å². The molecule has 0 fully saturated rings. The van der Waals surface area contributed by atoms with Crippen LogP contribution < -0.4 is 10.2 Å². The second-order valence-electron chi connectivity index (χ2n) is 5.44. The van der Waals surface area contributed by atoms with Gasteiger partial charge in [0.2, 0.25) is 0 Å². The summed E-state index contributed by atoms with van der Waals surface area (Å²) in [6.07, 6.45) is 3.27. The van der Waals surface area contributed by atoms with Gasteiger partial charge in [-0.15, -0.1) is 0 Å². The monoisotopic (exact) mass is 248 g/mol. The van der Waals surface area contributed by atoms with Crippen molar-refractivity contribution in [1.82, 2.24) is 5.32 Å². The third kappa shape index (κ3) is 2.85. The number of rotatable bonds is 6. The van der Waals surface area contributed by atoms with Crippen LogP contribution in [0.3, 0.4) is 0 Å². The van der Waals surface area contributed by atoms with Gasteiger partial charge in [0, 0.05) is 24.3 Å². The average molecular weight is 248 g/mol. The third-order valence-corrected chi connectivity index (χ3v) is 4.09. The highest BCUT2D eigenvalue weighted by atomic mass is 16.3. The second-order valence-corrected chi connectivity index (χ2v) is 5.44. The third-order valence-electron chi connectivity index (χ3n) is 4.09. The van der Waals surface area contributed by atoms with E-state index in [1.165, 1.54) is 17.7 Å². The van der Waals surface area contributed by atoms with Crippen LogP contribution in [-0.2, 0) is 6.42 Å². The summed E-state index contributed by atoms with van der Waals surface area (Å²) in [7, 11) is 1.92. The molecule has 2 rings (SSSR count). The van der Waals surface area contributed by atoms with Gasteiger partial charge in [0.1, 0.15) is 0 Å². The van der Waals surface area contributed by atoms with Crippen molar-refractivity contribution in [1.29, 1.82) is 0 Å². The first-order chi connectivity index (χ1) is 8.68. The fourth-order valence-electron chi connectivity index (χ4n) is 2.58. The standard InChI is InChI=1S/C15H24N2O/c1-15(12-18,16-2)9-5-10-17-11-8-13-6-3-4-7-14(13)17/h3-4,6-7,16,18H,5,8-12H2,1-2H3. The zero-order valence-corrected chi connectivity index (χ0v) is 11.4. The molecule has 100 valence electrons. The van der Waals surface area contributed by atoms with Crippen molar-refractivity contribution in [3.05, 3.63) is 29.8 Å². The Bertz CT molecular complexity index is 388. The summed E-state index contributed by atoms with van der Waals surface area (Å²) >= 11 is 0. The lowest BCUT2D eigenvalue weighted by Gasteiger charge is -2.28. The van der Waals surface area contributed by atoms with E-state index in [4.69, 9.17) is 0 Å². The van der Waals surface area contributed by atoms with E-state index in [1.54, 1.807) is 0 Å². The van der Waals surface area contributed by atoms with E-state index in [0.29, 0.717) is 0 Å². The molecule has 1 aromatic carbocycles. The minimum atomic E-state index is -0.140. The summed E-state index contributed by atoms with van der Waals surface area (Å²) in [5, 5.41) is 12.6. The van der Waals surface area contributed by atoms with Crippen LogP contribution in [0.5, 0.6) is 0 Å². The maximum Gasteiger partial charge on any atom is 0.0610 e. The number of para-hydroxylation sites is 1. The molecule has 0 aromatic heterocycles. The van der Waals surface area contributed by atoms with E-state index >= 15 is 0 Å². The zero-order valence-electron chi connectivity index (χ0n) is 11.4. The number of anilines is 1. The van der Waals surface area contributed by atoms with Crippen molar-refractivity contribution in [3.63, 3.8) is 0 Å². The van der Waals surface area contributed by atoms with Crippen molar-refractivity contribution in [2.45, 2.75) is 31.7 Å². The summed E-state index contributed by atoms with van der Waals surface area (Å²) < 4.78 is 0. The average Bonchev–Trinajstić information content (AvgIpc) is 2.82. The van der Waals surface area contributed by atoms with Crippen LogP contribution in [0.4, 0.5) is 5.69 Å². The number of hydrogen-bond acceptors (Lipinski definition) is 3. The molecule has 1 aliphatic rings. The first-order valence-electron chi connectivity index (χ1n) is 6.81. The van der Waals surface area contributed by atoms with Gasteiger partial charge in [0.05, 0.1) is 6.61 Å². The normalized spacial score (nSPS) is 17.6. The Kier molecular flexibility index (Phi) is 4.25. The molecular weight excluding hydrogens is 224 g/mol. The molecule has 1 atom stereocenters. The highest BCUT2D eigenvalue weighted by molar-refractivity contribution is 5.57. The molecule has 18 heavy (non-hydrogen) atoms. The SMILES string of the molecule is CNC(C)(CO)CCCN1CCc2ccccc21. The molecule has 1 unspecified atom stereocenters. The second kappa shape index (κ2) is 5.72. The van der Waals surface area contributed by atoms with Crippen LogP contribution in [0.15, 0.2) is 24.3 Å². The van der Waals surface area contributed by atoms with Crippen LogP contribution >= 0.6 is 0 Å². The fraction of sp³-hybridized carbons (Fsp3) is 0.600. The molecule has 1 aromatic rings. The number of fused-ring (bicyclic) bond motifs is 1. The Balaban J connectivity index is 1.86. The first-order valence-corrected chi connectivity index (χ1v) is 6.81. The highest BCUT2D eigenvalue weighted by Gasteiger charge is 2.22. The Morgan fingerprint density at radius 1 is 1.39 bits per heavy atom. The molecule has 1 heterocycles. The molecule has 1 aliphatic heterocycles. The van der Waals surface area contributed by atoms with E-state index in [-0.39, 0.29) is 12.1 Å². The number of likely N-dealkylation sites (N-methyl/N-ethyl adjacent to an activating group) is 1. The van der Waals surface area contributed by atoms with Crippen molar-refractivity contribution < 1.29 is 5.11 Å². The van der Waals surface area contributed by atoms with Gasteiger partial charge in [-0.2, -0.15) is 0 Å². The van der Waals surface area contributed by atoms with Crippen LogP contribution in [0.25, 0.3) is 0 Å². The smallest absolute Gasteiger partial charge is 0.0610 e. The van der Waals surface area contributed by atoms with Gasteiger partial charge in [0.15, 0.2) is 0 Å². The van der Waals surface area contributed by atoms with Crippen molar-refractivity contribution in [2.24, 2.45) is 0 Å². The van der Waals surface area contributed by atoms with Crippen LogP contribution in [0.2, 0.25) is 0 Å². The molecule has 3 heteroatoms. The van der Waals surface area contributed by atoms with Gasteiger partial charge in [0.25, 0.3) is 0 Å². The Hall–Kier alpha value is -1.06. The predicted octanol–water partition coefficient (Wildman–Crippen LogP) is 1.80. The zero-order chi connectivity index (χ0) is 13.0. The summed E-state index contributed by atoms with van der Waals surface area (Å²) in [5.41, 5.74) is 2.72. The molecule has 0 bridgehead atoms. The number of benzene rings is 1. The minimum absolute atomic E-state index is 0.140. The molecule has 3 nitrogen and oxygen atoms in total. The number of nitrogens with zero attached hydrogens (tertiary/aromatic N) is 1.